The zero-order chi connectivity index (χ0) is 13.2. The van der Waals surface area contributed by atoms with Gasteiger partial charge in [0.05, 0.1) is 17.8 Å². The molecule has 0 radical (unpaired) electrons. The molecule has 1 aromatic rings. The molecule has 1 aliphatic carbocycles. The Kier molecular flexibility index (Phi) is 3.52. The number of carbonyl (C=O) groups is 1. The van der Waals surface area contributed by atoms with Gasteiger partial charge in [-0.2, -0.15) is 0 Å². The summed E-state index contributed by atoms with van der Waals surface area (Å²) in [5, 5.41) is 14.5. The van der Waals surface area contributed by atoms with Gasteiger partial charge in [0.25, 0.3) is 0 Å². The smallest absolute Gasteiger partial charge is 0.319 e. The first-order valence-corrected chi connectivity index (χ1v) is 6.00. The number of urea groups is 1. The van der Waals surface area contributed by atoms with E-state index in [0.717, 1.165) is 12.8 Å². The number of anilines is 1. The number of nitrogens with one attached hydrogen (secondary N) is 2. The highest BCUT2D eigenvalue weighted by Gasteiger charge is 2.42. The van der Waals surface area contributed by atoms with Crippen molar-refractivity contribution >= 4 is 11.7 Å². The Morgan fingerprint density at radius 1 is 1.50 bits per heavy atom. The molecule has 2 amide bonds. The maximum atomic E-state index is 13.3. The number of carbonyl (C=O) groups excluding carboxylic acids is 1. The minimum Gasteiger partial charge on any atom is -0.394 e. The van der Waals surface area contributed by atoms with E-state index in [2.05, 4.69) is 10.6 Å². The molecule has 5 heteroatoms. The molecule has 0 spiro atoms. The van der Waals surface area contributed by atoms with Gasteiger partial charge in [0.15, 0.2) is 0 Å². The normalized spacial score (nSPS) is 17.9. The molecule has 1 aromatic carbocycles. The topological polar surface area (TPSA) is 61.4 Å². The first-order chi connectivity index (χ1) is 8.55. The number of rotatable bonds is 4. The van der Waals surface area contributed by atoms with Gasteiger partial charge in [-0.15, -0.1) is 0 Å². The van der Waals surface area contributed by atoms with E-state index < -0.39 is 17.4 Å². The Balaban J connectivity index is 1.98. The molecule has 18 heavy (non-hydrogen) atoms. The number of halogens is 1. The molecule has 1 saturated carbocycles. The average Bonchev–Trinajstić information content (AvgIpc) is 3.16. The van der Waals surface area contributed by atoms with Crippen molar-refractivity contribution in [2.75, 3.05) is 11.9 Å². The number of aliphatic hydroxyl groups is 1. The summed E-state index contributed by atoms with van der Waals surface area (Å²) in [7, 11) is 0. The third-order valence-corrected chi connectivity index (χ3v) is 3.33. The zero-order valence-corrected chi connectivity index (χ0v) is 10.2. The first-order valence-electron chi connectivity index (χ1n) is 6.00. The average molecular weight is 252 g/mol. The van der Waals surface area contributed by atoms with Crippen LogP contribution in [0, 0.1) is 11.7 Å². The Labute approximate surface area is 105 Å². The molecule has 0 saturated heterocycles. The van der Waals surface area contributed by atoms with E-state index in [0.29, 0.717) is 5.92 Å². The first kappa shape index (κ1) is 12.8. The summed E-state index contributed by atoms with van der Waals surface area (Å²) in [6, 6.07) is 5.47. The van der Waals surface area contributed by atoms with Crippen molar-refractivity contribution in [1.29, 1.82) is 0 Å². The second-order valence-electron chi connectivity index (χ2n) is 4.91. The molecular weight excluding hydrogens is 235 g/mol. The van der Waals surface area contributed by atoms with Crippen LogP contribution < -0.4 is 10.6 Å². The standard InChI is InChI=1S/C13H17FN2O2/c1-13(8-17,9-6-7-9)16-12(18)15-11-5-3-2-4-10(11)14/h2-5,9,17H,6-8H2,1H3,(H2,15,16,18). The van der Waals surface area contributed by atoms with Crippen LogP contribution in [0.4, 0.5) is 14.9 Å². The molecule has 1 aliphatic rings. The Hall–Kier alpha value is -1.62. The van der Waals surface area contributed by atoms with Crippen LogP contribution >= 0.6 is 0 Å². The quantitative estimate of drug-likeness (QED) is 0.768. The number of aliphatic hydroxyl groups excluding tert-OH is 1. The molecule has 1 fully saturated rings. The lowest BCUT2D eigenvalue weighted by Crippen LogP contribution is -2.52. The highest BCUT2D eigenvalue weighted by Crippen LogP contribution is 2.39. The van der Waals surface area contributed by atoms with Gasteiger partial charge < -0.3 is 15.7 Å². The highest BCUT2D eigenvalue weighted by atomic mass is 19.1. The summed E-state index contributed by atoms with van der Waals surface area (Å²) >= 11 is 0. The minimum absolute atomic E-state index is 0.123. The molecule has 3 N–H and O–H groups in total. The van der Waals surface area contributed by atoms with Crippen LogP contribution in [0.3, 0.4) is 0 Å². The molecule has 4 nitrogen and oxygen atoms in total. The van der Waals surface area contributed by atoms with Crippen LogP contribution in [-0.2, 0) is 0 Å². The lowest BCUT2D eigenvalue weighted by atomic mass is 9.97. The molecule has 1 atom stereocenters. The number of benzene rings is 1. The van der Waals surface area contributed by atoms with E-state index in [1.165, 1.54) is 12.1 Å². The summed E-state index contributed by atoms with van der Waals surface area (Å²) < 4.78 is 13.3. The van der Waals surface area contributed by atoms with Gasteiger partial charge in [-0.3, -0.25) is 0 Å². The van der Waals surface area contributed by atoms with Crippen LogP contribution in [0.5, 0.6) is 0 Å². The van der Waals surface area contributed by atoms with E-state index >= 15 is 0 Å². The molecule has 1 unspecified atom stereocenters. The molecule has 98 valence electrons. The summed E-state index contributed by atoms with van der Waals surface area (Å²) in [6.45, 7) is 1.67. The second kappa shape index (κ2) is 4.94. The molecule has 0 heterocycles. The lowest BCUT2D eigenvalue weighted by molar-refractivity contribution is 0.159. The van der Waals surface area contributed by atoms with Crippen LogP contribution in [0.2, 0.25) is 0 Å². The zero-order valence-electron chi connectivity index (χ0n) is 10.2. The number of para-hydroxylation sites is 1. The van der Waals surface area contributed by atoms with Gasteiger partial charge in [-0.25, -0.2) is 9.18 Å². The predicted molar refractivity (Wildman–Crippen MR) is 66.8 cm³/mol. The third kappa shape index (κ3) is 2.79. The monoisotopic (exact) mass is 252 g/mol. The van der Waals surface area contributed by atoms with E-state index in [-0.39, 0.29) is 12.3 Å². The number of hydrogen-bond donors (Lipinski definition) is 3. The Bertz CT molecular complexity index is 448. The maximum Gasteiger partial charge on any atom is 0.319 e. The summed E-state index contributed by atoms with van der Waals surface area (Å²) in [5.41, 5.74) is -0.499. The fraction of sp³-hybridized carbons (Fsp3) is 0.462. The van der Waals surface area contributed by atoms with Gasteiger partial charge in [-0.1, -0.05) is 12.1 Å². The van der Waals surface area contributed by atoms with Crippen molar-refractivity contribution in [3.63, 3.8) is 0 Å². The van der Waals surface area contributed by atoms with Crippen molar-refractivity contribution in [2.24, 2.45) is 5.92 Å². The predicted octanol–water partition coefficient (Wildman–Crippen LogP) is 2.11. The Morgan fingerprint density at radius 3 is 2.72 bits per heavy atom. The fourth-order valence-electron chi connectivity index (χ4n) is 1.97. The van der Waals surface area contributed by atoms with Gasteiger partial charge in [-0.05, 0) is 37.8 Å². The molecule has 0 aromatic heterocycles. The molecular formula is C13H17FN2O2. The van der Waals surface area contributed by atoms with Gasteiger partial charge >= 0.3 is 6.03 Å². The van der Waals surface area contributed by atoms with Crippen LogP contribution in [0.25, 0.3) is 0 Å². The Morgan fingerprint density at radius 2 is 2.17 bits per heavy atom. The van der Waals surface area contributed by atoms with Gasteiger partial charge in [0.1, 0.15) is 5.82 Å². The highest BCUT2D eigenvalue weighted by molar-refractivity contribution is 5.89. The van der Waals surface area contributed by atoms with Crippen molar-refractivity contribution in [2.45, 2.75) is 25.3 Å². The lowest BCUT2D eigenvalue weighted by Gasteiger charge is -2.28. The van der Waals surface area contributed by atoms with E-state index in [4.69, 9.17) is 0 Å². The SMILES string of the molecule is CC(CO)(NC(=O)Nc1ccccc1F)C1CC1. The van der Waals surface area contributed by atoms with Crippen molar-refractivity contribution in [3.05, 3.63) is 30.1 Å². The second-order valence-corrected chi connectivity index (χ2v) is 4.91. The van der Waals surface area contributed by atoms with E-state index in [1.807, 2.05) is 0 Å². The maximum absolute atomic E-state index is 13.3. The van der Waals surface area contributed by atoms with E-state index in [9.17, 15) is 14.3 Å². The summed E-state index contributed by atoms with van der Waals surface area (Å²) in [5.74, 6) is -0.182. The van der Waals surface area contributed by atoms with Gasteiger partial charge in [0.2, 0.25) is 0 Å². The summed E-state index contributed by atoms with van der Waals surface area (Å²) in [4.78, 5) is 11.8. The molecule has 0 aliphatic heterocycles. The van der Waals surface area contributed by atoms with Gasteiger partial charge in [0, 0.05) is 0 Å². The van der Waals surface area contributed by atoms with Crippen molar-refractivity contribution < 1.29 is 14.3 Å². The third-order valence-electron chi connectivity index (χ3n) is 3.33. The van der Waals surface area contributed by atoms with E-state index in [1.54, 1.807) is 19.1 Å². The summed E-state index contributed by atoms with van der Waals surface area (Å²) in [6.07, 6.45) is 1.99. The fourth-order valence-corrected chi connectivity index (χ4v) is 1.97. The van der Waals surface area contributed by atoms with Crippen LogP contribution in [0.1, 0.15) is 19.8 Å². The van der Waals surface area contributed by atoms with Crippen molar-refractivity contribution in [1.82, 2.24) is 5.32 Å². The molecule has 2 rings (SSSR count). The number of amides is 2. The minimum atomic E-state index is -0.630. The molecule has 0 bridgehead atoms. The van der Waals surface area contributed by atoms with Crippen molar-refractivity contribution in [3.8, 4) is 0 Å². The number of hydrogen-bond acceptors (Lipinski definition) is 2. The van der Waals surface area contributed by atoms with Crippen LogP contribution in [-0.4, -0.2) is 23.3 Å². The largest absolute Gasteiger partial charge is 0.394 e. The van der Waals surface area contributed by atoms with Crippen LogP contribution in [0.15, 0.2) is 24.3 Å².